The van der Waals surface area contributed by atoms with Gasteiger partial charge in [-0.1, -0.05) is 0 Å². The molecule has 0 saturated carbocycles. The van der Waals surface area contributed by atoms with E-state index in [1.54, 1.807) is 30.5 Å². The number of amides is 1. The average molecular weight is 393 g/mol. The van der Waals surface area contributed by atoms with E-state index in [9.17, 15) is 14.4 Å². The third-order valence-electron chi connectivity index (χ3n) is 4.84. The van der Waals surface area contributed by atoms with Crippen LogP contribution in [0.4, 0.5) is 5.69 Å². The molecule has 0 aliphatic carbocycles. The summed E-state index contributed by atoms with van der Waals surface area (Å²) < 4.78 is 10.8. The van der Waals surface area contributed by atoms with Crippen LogP contribution in [-0.4, -0.2) is 23.8 Å². The minimum absolute atomic E-state index is 0.0143. The van der Waals surface area contributed by atoms with E-state index < -0.39 is 18.0 Å². The van der Waals surface area contributed by atoms with Gasteiger partial charge in [-0.25, -0.2) is 0 Å². The van der Waals surface area contributed by atoms with Crippen LogP contribution in [0.2, 0.25) is 0 Å². The minimum atomic E-state index is -0.961. The number of hydrogen-bond donors (Lipinski definition) is 1. The molecule has 29 heavy (non-hydrogen) atoms. The van der Waals surface area contributed by atoms with Crippen LogP contribution in [0.25, 0.3) is 11.0 Å². The Bertz CT molecular complexity index is 1080. The number of hydrogen-bond acceptors (Lipinski definition) is 5. The first kappa shape index (κ1) is 20.3. The molecular formula is C23H23NO5. The molecule has 1 aromatic heterocycles. The molecule has 1 amide bonds. The number of furan rings is 1. The normalized spacial score (nSPS) is 11.9. The van der Waals surface area contributed by atoms with Crippen molar-refractivity contribution in [2.75, 3.05) is 5.32 Å². The topological polar surface area (TPSA) is 85.6 Å². The van der Waals surface area contributed by atoms with Gasteiger partial charge in [0.1, 0.15) is 5.58 Å². The SMILES string of the molecule is CC(=O)c1ccc(NC(=O)[C@H](C)OC(=O)Cc2coc3cc(C)c(C)cc23)cc1. The zero-order chi connectivity index (χ0) is 21.1. The van der Waals surface area contributed by atoms with Crippen molar-refractivity contribution in [3.05, 3.63) is 64.9 Å². The maximum atomic E-state index is 12.3. The lowest BCUT2D eigenvalue weighted by atomic mass is 10.0. The summed E-state index contributed by atoms with van der Waals surface area (Å²) in [7, 11) is 0. The maximum Gasteiger partial charge on any atom is 0.311 e. The van der Waals surface area contributed by atoms with Gasteiger partial charge in [0.05, 0.1) is 12.7 Å². The van der Waals surface area contributed by atoms with Crippen molar-refractivity contribution in [3.8, 4) is 0 Å². The number of fused-ring (bicyclic) bond motifs is 1. The van der Waals surface area contributed by atoms with Crippen LogP contribution in [0.5, 0.6) is 0 Å². The Hall–Kier alpha value is -3.41. The van der Waals surface area contributed by atoms with Crippen molar-refractivity contribution in [1.29, 1.82) is 0 Å². The van der Waals surface area contributed by atoms with E-state index in [-0.39, 0.29) is 12.2 Å². The summed E-state index contributed by atoms with van der Waals surface area (Å²) in [5.41, 5.74) is 4.74. The van der Waals surface area contributed by atoms with Crippen molar-refractivity contribution in [3.63, 3.8) is 0 Å². The van der Waals surface area contributed by atoms with Gasteiger partial charge in [0.25, 0.3) is 5.91 Å². The Kier molecular flexibility index (Phi) is 5.82. The summed E-state index contributed by atoms with van der Waals surface area (Å²) in [4.78, 5) is 35.9. The van der Waals surface area contributed by atoms with Crippen LogP contribution in [0, 0.1) is 13.8 Å². The molecule has 0 aliphatic rings. The molecule has 0 bridgehead atoms. The molecule has 6 heteroatoms. The number of carbonyl (C=O) groups is 3. The van der Waals surface area contributed by atoms with Gasteiger partial charge in [0.15, 0.2) is 11.9 Å². The van der Waals surface area contributed by atoms with E-state index in [1.807, 2.05) is 26.0 Å². The number of anilines is 1. The summed E-state index contributed by atoms with van der Waals surface area (Å²) in [6.45, 7) is 6.98. The highest BCUT2D eigenvalue weighted by atomic mass is 16.5. The molecule has 3 aromatic rings. The zero-order valence-corrected chi connectivity index (χ0v) is 16.9. The highest BCUT2D eigenvalue weighted by molar-refractivity contribution is 5.97. The zero-order valence-electron chi connectivity index (χ0n) is 16.9. The average Bonchev–Trinajstić information content (AvgIpc) is 3.03. The fourth-order valence-electron chi connectivity index (χ4n) is 2.95. The van der Waals surface area contributed by atoms with Gasteiger partial charge in [-0.05, 0) is 75.2 Å². The Balaban J connectivity index is 1.60. The van der Waals surface area contributed by atoms with Crippen molar-refractivity contribution >= 4 is 34.3 Å². The molecule has 1 atom stereocenters. The Morgan fingerprint density at radius 2 is 1.72 bits per heavy atom. The molecule has 0 radical (unpaired) electrons. The van der Waals surface area contributed by atoms with Crippen molar-refractivity contribution in [2.24, 2.45) is 0 Å². The van der Waals surface area contributed by atoms with E-state index in [0.717, 1.165) is 27.7 Å². The molecule has 3 rings (SSSR count). The summed E-state index contributed by atoms with van der Waals surface area (Å²) in [5, 5.41) is 3.54. The van der Waals surface area contributed by atoms with Crippen molar-refractivity contribution in [1.82, 2.24) is 0 Å². The number of rotatable bonds is 6. The number of benzene rings is 2. The van der Waals surface area contributed by atoms with Crippen LogP contribution in [-0.2, 0) is 20.7 Å². The number of Topliss-reactive ketones (excluding diaryl/α,β-unsaturated/α-hetero) is 1. The van der Waals surface area contributed by atoms with E-state index >= 15 is 0 Å². The van der Waals surface area contributed by atoms with Crippen molar-refractivity contribution < 1.29 is 23.5 Å². The monoisotopic (exact) mass is 393 g/mol. The van der Waals surface area contributed by atoms with Gasteiger partial charge in [-0.15, -0.1) is 0 Å². The number of esters is 1. The summed E-state index contributed by atoms with van der Waals surface area (Å²) in [6, 6.07) is 10.4. The molecule has 0 aliphatic heterocycles. The lowest BCUT2D eigenvalue weighted by Gasteiger charge is -2.13. The van der Waals surface area contributed by atoms with E-state index in [1.165, 1.54) is 13.8 Å². The highest BCUT2D eigenvalue weighted by Gasteiger charge is 2.20. The molecule has 0 unspecified atom stereocenters. The molecule has 0 saturated heterocycles. The lowest BCUT2D eigenvalue weighted by molar-refractivity contribution is -0.152. The molecule has 2 aromatic carbocycles. The summed E-state index contributed by atoms with van der Waals surface area (Å²) in [6.07, 6.45) is 0.601. The first-order valence-electron chi connectivity index (χ1n) is 9.33. The lowest BCUT2D eigenvalue weighted by Crippen LogP contribution is -2.30. The molecule has 0 fully saturated rings. The first-order valence-corrected chi connectivity index (χ1v) is 9.33. The predicted octanol–water partition coefficient (Wildman–Crippen LogP) is 4.37. The number of nitrogens with one attached hydrogen (secondary N) is 1. The predicted molar refractivity (Wildman–Crippen MR) is 110 cm³/mol. The van der Waals surface area contributed by atoms with E-state index in [0.29, 0.717) is 11.3 Å². The Morgan fingerprint density at radius 1 is 1.07 bits per heavy atom. The number of aryl methyl sites for hydroxylation is 2. The Labute approximate surface area is 168 Å². The van der Waals surface area contributed by atoms with E-state index in [4.69, 9.17) is 9.15 Å². The third kappa shape index (κ3) is 4.71. The summed E-state index contributed by atoms with van der Waals surface area (Å²) in [5.74, 6) is -1.01. The van der Waals surface area contributed by atoms with Crippen LogP contribution in [0.15, 0.2) is 47.1 Å². The van der Waals surface area contributed by atoms with Crippen LogP contribution >= 0.6 is 0 Å². The third-order valence-corrected chi connectivity index (χ3v) is 4.84. The quantitative estimate of drug-likeness (QED) is 0.497. The largest absolute Gasteiger partial charge is 0.464 e. The van der Waals surface area contributed by atoms with Crippen molar-refractivity contribution in [2.45, 2.75) is 40.2 Å². The second-order valence-electron chi connectivity index (χ2n) is 7.13. The fraction of sp³-hybridized carbons (Fsp3) is 0.261. The first-order chi connectivity index (χ1) is 13.7. The fourth-order valence-corrected chi connectivity index (χ4v) is 2.95. The van der Waals surface area contributed by atoms with Crippen LogP contribution < -0.4 is 5.32 Å². The number of ether oxygens (including phenoxy) is 1. The minimum Gasteiger partial charge on any atom is -0.464 e. The van der Waals surface area contributed by atoms with Gasteiger partial charge in [0.2, 0.25) is 0 Å². The van der Waals surface area contributed by atoms with Gasteiger partial charge in [-0.3, -0.25) is 14.4 Å². The molecule has 150 valence electrons. The molecule has 1 heterocycles. The van der Waals surface area contributed by atoms with Crippen LogP contribution in [0.1, 0.15) is 40.9 Å². The Morgan fingerprint density at radius 3 is 2.38 bits per heavy atom. The van der Waals surface area contributed by atoms with Gasteiger partial charge in [0, 0.05) is 22.2 Å². The number of ketones is 1. The van der Waals surface area contributed by atoms with Gasteiger partial charge in [-0.2, -0.15) is 0 Å². The van der Waals surface area contributed by atoms with Crippen LogP contribution in [0.3, 0.4) is 0 Å². The molecular weight excluding hydrogens is 370 g/mol. The molecule has 1 N–H and O–H groups in total. The standard InChI is InChI=1S/C23H23NO5/c1-13-9-20-18(12-28-21(20)10-14(13)2)11-22(26)29-16(4)23(27)24-19-7-5-17(6-8-19)15(3)25/h5-10,12,16H,11H2,1-4H3,(H,24,27)/t16-/m0/s1. The molecule has 0 spiro atoms. The van der Waals surface area contributed by atoms with Gasteiger partial charge < -0.3 is 14.5 Å². The highest BCUT2D eigenvalue weighted by Crippen LogP contribution is 2.25. The second kappa shape index (κ2) is 8.31. The van der Waals surface area contributed by atoms with Gasteiger partial charge >= 0.3 is 5.97 Å². The summed E-state index contributed by atoms with van der Waals surface area (Å²) >= 11 is 0. The number of carbonyl (C=O) groups excluding carboxylic acids is 3. The second-order valence-corrected chi connectivity index (χ2v) is 7.13. The smallest absolute Gasteiger partial charge is 0.311 e. The van der Waals surface area contributed by atoms with E-state index in [2.05, 4.69) is 5.32 Å². The maximum absolute atomic E-state index is 12.3. The molecule has 6 nitrogen and oxygen atoms in total.